The van der Waals surface area contributed by atoms with E-state index in [4.69, 9.17) is 4.74 Å². The molecular formula is C22H26N4O5S. The molecule has 0 aliphatic rings. The molecule has 0 saturated heterocycles. The minimum absolute atomic E-state index is 0.0710. The molecule has 0 saturated carbocycles. The molecule has 0 spiro atoms. The smallest absolute Gasteiger partial charge is 0.438 e. The van der Waals surface area contributed by atoms with E-state index in [2.05, 4.69) is 44.1 Å². The first kappa shape index (κ1) is 23.1. The summed E-state index contributed by atoms with van der Waals surface area (Å²) in [5, 5.41) is 9.03. The van der Waals surface area contributed by atoms with Crippen molar-refractivity contribution < 1.29 is 18.8 Å². The third-order valence-electron chi connectivity index (χ3n) is 4.66. The van der Waals surface area contributed by atoms with Crippen molar-refractivity contribution in [2.24, 2.45) is 0 Å². The van der Waals surface area contributed by atoms with Crippen LogP contribution in [0.3, 0.4) is 0 Å². The standard InChI is InChI=1S/C22H26N4O5S/c1-30-16-9-5-14(6-10-16)20(25-19(27)13-18-24-22(29)31-26-18)21(28)23-15-7-11-17(12-8-15)32(2,3)4/h5-12,20H,13H2,1-4H3,(H,23,28)(H,25,27)(H,24,26,29). The Morgan fingerprint density at radius 2 is 1.75 bits per heavy atom. The molecule has 2 aromatic carbocycles. The summed E-state index contributed by atoms with van der Waals surface area (Å²) in [6.07, 6.45) is 6.34. The molecule has 3 aromatic rings. The summed E-state index contributed by atoms with van der Waals surface area (Å²) in [6.45, 7) is 0. The van der Waals surface area contributed by atoms with Crippen LogP contribution in [0.4, 0.5) is 5.69 Å². The van der Waals surface area contributed by atoms with Gasteiger partial charge in [0, 0.05) is 5.69 Å². The number of nitrogens with one attached hydrogen (secondary N) is 3. The highest BCUT2D eigenvalue weighted by molar-refractivity contribution is 8.32. The Kier molecular flexibility index (Phi) is 7.04. The maximum Gasteiger partial charge on any atom is 0.438 e. The lowest BCUT2D eigenvalue weighted by atomic mass is 10.1. The van der Waals surface area contributed by atoms with Crippen LogP contribution in [-0.4, -0.2) is 47.8 Å². The number of amides is 2. The Morgan fingerprint density at radius 1 is 1.09 bits per heavy atom. The van der Waals surface area contributed by atoms with E-state index in [1.165, 1.54) is 4.90 Å². The van der Waals surface area contributed by atoms with Crippen molar-refractivity contribution in [1.82, 2.24) is 15.5 Å². The van der Waals surface area contributed by atoms with Crippen LogP contribution in [0.15, 0.2) is 62.7 Å². The molecule has 2 amide bonds. The van der Waals surface area contributed by atoms with Crippen LogP contribution in [0.1, 0.15) is 17.4 Å². The molecule has 1 unspecified atom stereocenters. The number of hydrogen-bond donors (Lipinski definition) is 3. The first-order chi connectivity index (χ1) is 15.2. The largest absolute Gasteiger partial charge is 0.497 e. The molecule has 10 heteroatoms. The number of benzene rings is 2. The zero-order valence-corrected chi connectivity index (χ0v) is 19.1. The fourth-order valence-electron chi connectivity index (χ4n) is 2.96. The van der Waals surface area contributed by atoms with Gasteiger partial charge in [0.1, 0.15) is 11.8 Å². The van der Waals surface area contributed by atoms with Crippen LogP contribution in [0.2, 0.25) is 0 Å². The third-order valence-corrected chi connectivity index (χ3v) is 6.35. The monoisotopic (exact) mass is 458 g/mol. The van der Waals surface area contributed by atoms with Gasteiger partial charge in [0.15, 0.2) is 5.82 Å². The van der Waals surface area contributed by atoms with Crippen LogP contribution in [0.5, 0.6) is 5.75 Å². The van der Waals surface area contributed by atoms with E-state index in [9.17, 15) is 14.4 Å². The molecule has 0 bridgehead atoms. The summed E-state index contributed by atoms with van der Waals surface area (Å²) in [5.41, 5.74) is 1.19. The number of ether oxygens (including phenoxy) is 1. The van der Waals surface area contributed by atoms with Gasteiger partial charge < -0.3 is 15.4 Å². The Bertz CT molecular complexity index is 1130. The highest BCUT2D eigenvalue weighted by atomic mass is 32.3. The minimum Gasteiger partial charge on any atom is -0.497 e. The second-order valence-electron chi connectivity index (χ2n) is 7.84. The Balaban J connectivity index is 1.79. The zero-order chi connectivity index (χ0) is 23.3. The Morgan fingerprint density at radius 3 is 2.28 bits per heavy atom. The second kappa shape index (κ2) is 9.73. The SMILES string of the molecule is COc1ccc(C(NC(=O)Cc2noc(=O)[nH]2)C(=O)Nc2ccc(S(C)(C)C)cc2)cc1. The maximum atomic E-state index is 13.1. The van der Waals surface area contributed by atoms with Gasteiger partial charge in [-0.1, -0.05) is 17.3 Å². The number of aromatic amines is 1. The normalized spacial score (nSPS) is 12.6. The lowest BCUT2D eigenvalue weighted by Crippen LogP contribution is -2.38. The number of hydrogen-bond acceptors (Lipinski definition) is 6. The molecule has 0 aliphatic heterocycles. The van der Waals surface area contributed by atoms with Crippen molar-refractivity contribution in [3.8, 4) is 5.75 Å². The van der Waals surface area contributed by atoms with Gasteiger partial charge in [0.25, 0.3) is 5.91 Å². The van der Waals surface area contributed by atoms with Crippen molar-refractivity contribution in [2.45, 2.75) is 17.4 Å². The molecule has 170 valence electrons. The molecule has 1 atom stereocenters. The Hall–Kier alpha value is -3.53. The predicted octanol–water partition coefficient (Wildman–Crippen LogP) is 2.46. The van der Waals surface area contributed by atoms with E-state index < -0.39 is 33.6 Å². The quantitative estimate of drug-likeness (QED) is 0.476. The van der Waals surface area contributed by atoms with Gasteiger partial charge >= 0.3 is 5.76 Å². The average molecular weight is 459 g/mol. The number of rotatable bonds is 8. The first-order valence-electron chi connectivity index (χ1n) is 9.73. The van der Waals surface area contributed by atoms with Crippen molar-refractivity contribution in [3.05, 3.63) is 70.5 Å². The molecule has 1 heterocycles. The number of H-pyrrole nitrogens is 1. The number of carbonyl (C=O) groups excluding carboxylic acids is 2. The second-order valence-corrected chi connectivity index (χ2v) is 12.0. The van der Waals surface area contributed by atoms with Crippen LogP contribution in [-0.2, 0) is 16.0 Å². The highest BCUT2D eigenvalue weighted by Crippen LogP contribution is 2.45. The van der Waals surface area contributed by atoms with E-state index >= 15 is 0 Å². The van der Waals surface area contributed by atoms with Gasteiger partial charge in [-0.3, -0.25) is 19.1 Å². The van der Waals surface area contributed by atoms with E-state index in [1.807, 2.05) is 24.3 Å². The summed E-state index contributed by atoms with van der Waals surface area (Å²) in [6, 6.07) is 13.5. The first-order valence-corrected chi connectivity index (χ1v) is 12.6. The maximum absolute atomic E-state index is 13.1. The fourth-order valence-corrected chi connectivity index (χ4v) is 3.91. The highest BCUT2D eigenvalue weighted by Gasteiger charge is 2.24. The molecule has 1 aromatic heterocycles. The molecule has 3 N–H and O–H groups in total. The van der Waals surface area contributed by atoms with E-state index in [-0.39, 0.29) is 12.2 Å². The van der Waals surface area contributed by atoms with E-state index in [0.717, 1.165) is 0 Å². The number of methoxy groups -OCH3 is 1. The van der Waals surface area contributed by atoms with Crippen LogP contribution >= 0.6 is 10.0 Å². The lowest BCUT2D eigenvalue weighted by Gasteiger charge is -2.26. The average Bonchev–Trinajstić information content (AvgIpc) is 3.16. The van der Waals surface area contributed by atoms with E-state index in [0.29, 0.717) is 17.0 Å². The molecule has 0 radical (unpaired) electrons. The molecule has 3 rings (SSSR count). The molecule has 0 aliphatic carbocycles. The van der Waals surface area contributed by atoms with Crippen molar-refractivity contribution >= 4 is 27.5 Å². The number of anilines is 1. The molecule has 9 nitrogen and oxygen atoms in total. The number of nitrogens with zero attached hydrogens (tertiary/aromatic N) is 1. The van der Waals surface area contributed by atoms with Gasteiger partial charge in [-0.05, 0) is 65.6 Å². The number of carbonyl (C=O) groups is 2. The molecule has 32 heavy (non-hydrogen) atoms. The molecule has 0 fully saturated rings. The van der Waals surface area contributed by atoms with Crippen molar-refractivity contribution in [2.75, 3.05) is 31.2 Å². The topological polar surface area (TPSA) is 126 Å². The summed E-state index contributed by atoms with van der Waals surface area (Å²) in [5.74, 6) is -0.968. The summed E-state index contributed by atoms with van der Waals surface area (Å²) >= 11 is 0. The van der Waals surface area contributed by atoms with Crippen LogP contribution in [0.25, 0.3) is 0 Å². The summed E-state index contributed by atoms with van der Waals surface area (Å²) in [4.78, 5) is 40.2. The predicted molar refractivity (Wildman–Crippen MR) is 123 cm³/mol. The molecular weight excluding hydrogens is 432 g/mol. The van der Waals surface area contributed by atoms with Gasteiger partial charge in [0.2, 0.25) is 5.91 Å². The lowest BCUT2D eigenvalue weighted by molar-refractivity contribution is -0.126. The van der Waals surface area contributed by atoms with E-state index in [1.54, 1.807) is 31.4 Å². The van der Waals surface area contributed by atoms with Gasteiger partial charge in [-0.25, -0.2) is 14.8 Å². The zero-order valence-electron chi connectivity index (χ0n) is 18.3. The Labute approximate surface area is 186 Å². The van der Waals surface area contributed by atoms with Gasteiger partial charge in [-0.2, -0.15) is 0 Å². The minimum atomic E-state index is -0.972. The van der Waals surface area contributed by atoms with Gasteiger partial charge in [-0.15, -0.1) is 0 Å². The third kappa shape index (κ3) is 6.01. The summed E-state index contributed by atoms with van der Waals surface area (Å²) in [7, 11) is 0.666. The van der Waals surface area contributed by atoms with Crippen LogP contribution < -0.4 is 21.1 Å². The van der Waals surface area contributed by atoms with Crippen LogP contribution in [0, 0.1) is 0 Å². The van der Waals surface area contributed by atoms with Gasteiger partial charge in [0.05, 0.1) is 13.5 Å². The van der Waals surface area contributed by atoms with Crippen molar-refractivity contribution in [3.63, 3.8) is 0 Å². The van der Waals surface area contributed by atoms with Crippen molar-refractivity contribution in [1.29, 1.82) is 0 Å². The fraction of sp³-hybridized carbons (Fsp3) is 0.273. The number of aromatic nitrogens is 2. The summed E-state index contributed by atoms with van der Waals surface area (Å²) < 4.78 is 9.58.